The van der Waals surface area contributed by atoms with Gasteiger partial charge in [-0.1, -0.05) is 12.1 Å². The lowest BCUT2D eigenvalue weighted by molar-refractivity contribution is 0.0303. The Morgan fingerprint density at radius 2 is 1.65 bits per heavy atom. The van der Waals surface area contributed by atoms with Gasteiger partial charge >= 0.3 is 0 Å². The van der Waals surface area contributed by atoms with Gasteiger partial charge in [-0.15, -0.1) is 0 Å². The number of rotatable bonds is 4. The average Bonchev–Trinajstić information content (AvgIpc) is 2.61. The van der Waals surface area contributed by atoms with Crippen LogP contribution in [-0.2, 0) is 14.8 Å². The summed E-state index contributed by atoms with van der Waals surface area (Å²) in [6, 6.07) is 8.06. The first-order valence-corrected chi connectivity index (χ1v) is 9.30. The number of sulfonamides is 1. The standard InChI is InChI=1S/C17H16F2N2O4S/c18-12-9-13(19)11-14(10-12)26(23,24)20-16-4-2-1-3-15(16)17(22)21-5-7-25-8-6-21/h1-4,9-11,20H,5-8H2. The Hall–Kier alpha value is -2.52. The summed E-state index contributed by atoms with van der Waals surface area (Å²) in [5.41, 5.74) is 0.184. The molecule has 0 unspecified atom stereocenters. The second-order valence-corrected chi connectivity index (χ2v) is 7.34. The summed E-state index contributed by atoms with van der Waals surface area (Å²) in [6.07, 6.45) is 0. The van der Waals surface area contributed by atoms with Crippen molar-refractivity contribution in [2.24, 2.45) is 0 Å². The largest absolute Gasteiger partial charge is 0.378 e. The Kier molecular flexibility index (Phi) is 5.19. The monoisotopic (exact) mass is 382 g/mol. The summed E-state index contributed by atoms with van der Waals surface area (Å²) in [5, 5.41) is 0. The van der Waals surface area contributed by atoms with Crippen molar-refractivity contribution >= 4 is 21.6 Å². The molecule has 1 amide bonds. The molecule has 0 bridgehead atoms. The average molecular weight is 382 g/mol. The van der Waals surface area contributed by atoms with Crippen LogP contribution in [0.3, 0.4) is 0 Å². The van der Waals surface area contributed by atoms with E-state index in [0.717, 1.165) is 0 Å². The number of carbonyl (C=O) groups excluding carboxylic acids is 1. The van der Waals surface area contributed by atoms with Crippen molar-refractivity contribution in [3.05, 3.63) is 59.7 Å². The number of para-hydroxylation sites is 1. The highest BCUT2D eigenvalue weighted by Gasteiger charge is 2.24. The van der Waals surface area contributed by atoms with Crippen LogP contribution in [0.4, 0.5) is 14.5 Å². The zero-order chi connectivity index (χ0) is 18.7. The first-order chi connectivity index (χ1) is 12.4. The van der Waals surface area contributed by atoms with Crippen LogP contribution < -0.4 is 4.72 Å². The van der Waals surface area contributed by atoms with Crippen LogP contribution in [0.25, 0.3) is 0 Å². The molecule has 1 heterocycles. The summed E-state index contributed by atoms with van der Waals surface area (Å²) in [4.78, 5) is 13.7. The van der Waals surface area contributed by atoms with Gasteiger partial charge in [-0.25, -0.2) is 17.2 Å². The Bertz CT molecular complexity index is 908. The van der Waals surface area contributed by atoms with E-state index in [9.17, 15) is 22.0 Å². The van der Waals surface area contributed by atoms with E-state index in [-0.39, 0.29) is 17.2 Å². The van der Waals surface area contributed by atoms with E-state index >= 15 is 0 Å². The van der Waals surface area contributed by atoms with Gasteiger partial charge in [0, 0.05) is 19.2 Å². The van der Waals surface area contributed by atoms with E-state index in [0.29, 0.717) is 44.5 Å². The summed E-state index contributed by atoms with van der Waals surface area (Å²) in [7, 11) is -4.27. The highest BCUT2D eigenvalue weighted by atomic mass is 32.2. The first-order valence-electron chi connectivity index (χ1n) is 7.82. The van der Waals surface area contributed by atoms with Gasteiger partial charge in [-0.2, -0.15) is 0 Å². The van der Waals surface area contributed by atoms with Crippen molar-refractivity contribution in [2.45, 2.75) is 4.90 Å². The quantitative estimate of drug-likeness (QED) is 0.880. The maximum absolute atomic E-state index is 13.3. The van der Waals surface area contributed by atoms with Crippen LogP contribution in [0.2, 0.25) is 0 Å². The molecule has 1 N–H and O–H groups in total. The molecule has 0 spiro atoms. The molecule has 0 atom stereocenters. The summed E-state index contributed by atoms with van der Waals surface area (Å²) < 4.78 is 59.1. The van der Waals surface area contributed by atoms with E-state index in [2.05, 4.69) is 4.72 Å². The molecule has 0 saturated carbocycles. The number of morpholine rings is 1. The van der Waals surface area contributed by atoms with Crippen LogP contribution in [0.5, 0.6) is 0 Å². The molecule has 9 heteroatoms. The molecule has 6 nitrogen and oxygen atoms in total. The molecule has 1 fully saturated rings. The molecule has 2 aromatic rings. The predicted molar refractivity (Wildman–Crippen MR) is 90.3 cm³/mol. The molecule has 26 heavy (non-hydrogen) atoms. The third-order valence-corrected chi connectivity index (χ3v) is 5.19. The molecule has 3 rings (SSSR count). The lowest BCUT2D eigenvalue weighted by Gasteiger charge is -2.27. The lowest BCUT2D eigenvalue weighted by atomic mass is 10.1. The number of nitrogens with zero attached hydrogens (tertiary/aromatic N) is 1. The number of carbonyl (C=O) groups is 1. The van der Waals surface area contributed by atoms with E-state index in [4.69, 9.17) is 4.74 Å². The molecule has 1 saturated heterocycles. The second kappa shape index (κ2) is 7.38. The Balaban J connectivity index is 1.91. The number of nitrogens with one attached hydrogen (secondary N) is 1. The molecule has 0 aliphatic carbocycles. The van der Waals surface area contributed by atoms with E-state index in [1.807, 2.05) is 0 Å². The Morgan fingerprint density at radius 1 is 1.04 bits per heavy atom. The SMILES string of the molecule is O=C(c1ccccc1NS(=O)(=O)c1cc(F)cc(F)c1)N1CCOCC1. The van der Waals surface area contributed by atoms with Crippen molar-refractivity contribution in [3.8, 4) is 0 Å². The zero-order valence-corrected chi connectivity index (χ0v) is 14.4. The van der Waals surface area contributed by atoms with Crippen molar-refractivity contribution in [2.75, 3.05) is 31.0 Å². The molecule has 1 aliphatic rings. The van der Waals surface area contributed by atoms with Crippen LogP contribution in [0.1, 0.15) is 10.4 Å². The Morgan fingerprint density at radius 3 is 2.31 bits per heavy atom. The van der Waals surface area contributed by atoms with Gasteiger partial charge in [0.05, 0.1) is 29.4 Å². The Labute approximate surface area is 149 Å². The van der Waals surface area contributed by atoms with E-state index < -0.39 is 26.6 Å². The van der Waals surface area contributed by atoms with Crippen LogP contribution in [-0.4, -0.2) is 45.5 Å². The van der Waals surface area contributed by atoms with Crippen molar-refractivity contribution in [3.63, 3.8) is 0 Å². The number of benzene rings is 2. The normalized spacial score (nSPS) is 14.9. The number of hydrogen-bond acceptors (Lipinski definition) is 4. The van der Waals surface area contributed by atoms with Gasteiger partial charge in [-0.3, -0.25) is 9.52 Å². The number of halogens is 2. The smallest absolute Gasteiger partial charge is 0.262 e. The third kappa shape index (κ3) is 4.00. The van der Waals surface area contributed by atoms with Crippen LogP contribution in [0.15, 0.2) is 47.4 Å². The summed E-state index contributed by atoms with van der Waals surface area (Å²) >= 11 is 0. The van der Waals surface area contributed by atoms with Crippen molar-refractivity contribution in [1.82, 2.24) is 4.90 Å². The number of ether oxygens (including phenoxy) is 1. The maximum Gasteiger partial charge on any atom is 0.262 e. The number of anilines is 1. The van der Waals surface area contributed by atoms with Gasteiger partial charge in [0.1, 0.15) is 11.6 Å². The minimum absolute atomic E-state index is 0.0358. The third-order valence-electron chi connectivity index (χ3n) is 3.85. The minimum atomic E-state index is -4.27. The molecule has 0 radical (unpaired) electrons. The van der Waals surface area contributed by atoms with Crippen molar-refractivity contribution in [1.29, 1.82) is 0 Å². The topological polar surface area (TPSA) is 75.7 Å². The number of hydrogen-bond donors (Lipinski definition) is 1. The zero-order valence-electron chi connectivity index (χ0n) is 13.6. The molecular weight excluding hydrogens is 366 g/mol. The lowest BCUT2D eigenvalue weighted by Crippen LogP contribution is -2.41. The molecule has 0 aromatic heterocycles. The van der Waals surface area contributed by atoms with Gasteiger partial charge in [0.15, 0.2) is 0 Å². The predicted octanol–water partition coefficient (Wildman–Crippen LogP) is 2.24. The van der Waals surface area contributed by atoms with E-state index in [1.165, 1.54) is 12.1 Å². The maximum atomic E-state index is 13.3. The fourth-order valence-corrected chi connectivity index (χ4v) is 3.70. The second-order valence-electron chi connectivity index (χ2n) is 5.66. The van der Waals surface area contributed by atoms with Gasteiger partial charge in [-0.05, 0) is 24.3 Å². The highest BCUT2D eigenvalue weighted by molar-refractivity contribution is 7.92. The molecule has 2 aromatic carbocycles. The van der Waals surface area contributed by atoms with Gasteiger partial charge in [0.2, 0.25) is 0 Å². The highest BCUT2D eigenvalue weighted by Crippen LogP contribution is 2.23. The first kappa shape index (κ1) is 18.3. The molecular formula is C17H16F2N2O4S. The fourth-order valence-electron chi connectivity index (χ4n) is 2.58. The minimum Gasteiger partial charge on any atom is -0.378 e. The molecule has 138 valence electrons. The fraction of sp³-hybridized carbons (Fsp3) is 0.235. The van der Waals surface area contributed by atoms with Gasteiger partial charge < -0.3 is 9.64 Å². The van der Waals surface area contributed by atoms with E-state index in [1.54, 1.807) is 17.0 Å². The van der Waals surface area contributed by atoms with Crippen LogP contribution in [0, 0.1) is 11.6 Å². The van der Waals surface area contributed by atoms with Gasteiger partial charge in [0.25, 0.3) is 15.9 Å². The summed E-state index contributed by atoms with van der Waals surface area (Å²) in [6.45, 7) is 1.61. The number of amides is 1. The van der Waals surface area contributed by atoms with Crippen molar-refractivity contribution < 1.29 is 26.7 Å². The molecule has 1 aliphatic heterocycles. The van der Waals surface area contributed by atoms with Crippen LogP contribution >= 0.6 is 0 Å². The summed E-state index contributed by atoms with van der Waals surface area (Å²) in [5.74, 6) is -2.37.